The van der Waals surface area contributed by atoms with Crippen molar-refractivity contribution in [1.29, 1.82) is 0 Å². The number of nitrogens with zero attached hydrogens (tertiary/aromatic N) is 2. The summed E-state index contributed by atoms with van der Waals surface area (Å²) in [4.78, 5) is 12.1. The smallest absolute Gasteiger partial charge is 0.238 e. The number of anilines is 1. The van der Waals surface area contributed by atoms with Crippen molar-refractivity contribution in [3.63, 3.8) is 0 Å². The van der Waals surface area contributed by atoms with Crippen LogP contribution in [-0.2, 0) is 9.53 Å². The van der Waals surface area contributed by atoms with Gasteiger partial charge in [-0.3, -0.25) is 4.79 Å². The first-order valence-electron chi connectivity index (χ1n) is 7.55. The number of carbonyl (C=O) groups excluding carboxylic acids is 1. The van der Waals surface area contributed by atoms with Crippen LogP contribution in [0.25, 0.3) is 0 Å². The summed E-state index contributed by atoms with van der Waals surface area (Å²) in [6, 6.07) is 9.03. The predicted octanol–water partition coefficient (Wildman–Crippen LogP) is 2.94. The van der Waals surface area contributed by atoms with Crippen LogP contribution in [0.15, 0.2) is 36.5 Å². The fourth-order valence-electron chi connectivity index (χ4n) is 2.51. The molecule has 0 unspecified atom stereocenters. The number of aryl methyl sites for hydroxylation is 1. The maximum atomic E-state index is 12.1. The van der Waals surface area contributed by atoms with E-state index in [-0.39, 0.29) is 17.9 Å². The van der Waals surface area contributed by atoms with E-state index in [0.29, 0.717) is 11.6 Å². The lowest BCUT2D eigenvalue weighted by atomic mass is 9.81. The van der Waals surface area contributed by atoms with Gasteiger partial charge in [-0.15, -0.1) is 5.10 Å². The molecule has 1 saturated carbocycles. The highest BCUT2D eigenvalue weighted by molar-refractivity contribution is 5.93. The van der Waals surface area contributed by atoms with Gasteiger partial charge in [-0.25, -0.2) is 0 Å². The first kappa shape index (κ1) is 15.4. The Kier molecular flexibility index (Phi) is 4.52. The van der Waals surface area contributed by atoms with Crippen LogP contribution in [-0.4, -0.2) is 29.3 Å². The summed E-state index contributed by atoms with van der Waals surface area (Å²) in [5.74, 6) is 1.20. The van der Waals surface area contributed by atoms with Crippen molar-refractivity contribution in [2.24, 2.45) is 5.92 Å². The van der Waals surface area contributed by atoms with Crippen molar-refractivity contribution in [3.8, 4) is 11.6 Å². The standard InChI is InChI=1S/C17H19N3O3/c1-11-8-13(19-17(21)12-9-14(10-12)22-2)5-6-15(11)23-16-4-3-7-18-20-16/h3-8,12,14H,9-10H2,1-2H3,(H,19,21). The highest BCUT2D eigenvalue weighted by Crippen LogP contribution is 2.31. The molecule has 0 spiro atoms. The molecule has 1 aromatic heterocycles. The highest BCUT2D eigenvalue weighted by atomic mass is 16.5. The molecular formula is C17H19N3O3. The van der Waals surface area contributed by atoms with Crippen LogP contribution in [0.5, 0.6) is 11.6 Å². The van der Waals surface area contributed by atoms with Crippen LogP contribution in [0.2, 0.25) is 0 Å². The van der Waals surface area contributed by atoms with Crippen molar-refractivity contribution in [1.82, 2.24) is 10.2 Å². The Morgan fingerprint density at radius 2 is 2.13 bits per heavy atom. The highest BCUT2D eigenvalue weighted by Gasteiger charge is 2.34. The molecule has 2 aromatic rings. The summed E-state index contributed by atoms with van der Waals surface area (Å²) in [7, 11) is 1.68. The van der Waals surface area contributed by atoms with Crippen LogP contribution < -0.4 is 10.1 Å². The molecule has 0 radical (unpaired) electrons. The minimum atomic E-state index is 0.0378. The Morgan fingerprint density at radius 3 is 2.78 bits per heavy atom. The maximum absolute atomic E-state index is 12.1. The molecule has 0 aliphatic heterocycles. The van der Waals surface area contributed by atoms with Gasteiger partial charge in [0.1, 0.15) is 5.75 Å². The minimum Gasteiger partial charge on any atom is -0.437 e. The third-order valence-corrected chi connectivity index (χ3v) is 4.00. The van der Waals surface area contributed by atoms with E-state index in [1.165, 1.54) is 0 Å². The lowest BCUT2D eigenvalue weighted by molar-refractivity contribution is -0.127. The summed E-state index contributed by atoms with van der Waals surface area (Å²) in [5.41, 5.74) is 1.68. The third-order valence-electron chi connectivity index (χ3n) is 4.00. The molecular weight excluding hydrogens is 294 g/mol. The zero-order valence-corrected chi connectivity index (χ0v) is 13.2. The van der Waals surface area contributed by atoms with Crippen molar-refractivity contribution in [2.45, 2.75) is 25.9 Å². The minimum absolute atomic E-state index is 0.0378. The number of rotatable bonds is 5. The Labute approximate surface area is 134 Å². The zero-order valence-electron chi connectivity index (χ0n) is 13.2. The maximum Gasteiger partial charge on any atom is 0.238 e. The Balaban J connectivity index is 1.62. The Morgan fingerprint density at radius 1 is 1.30 bits per heavy atom. The molecule has 1 fully saturated rings. The van der Waals surface area contributed by atoms with Gasteiger partial charge in [-0.05, 0) is 49.6 Å². The van der Waals surface area contributed by atoms with Crippen LogP contribution in [0.4, 0.5) is 5.69 Å². The van der Waals surface area contributed by atoms with Crippen molar-refractivity contribution < 1.29 is 14.3 Å². The molecule has 1 N–H and O–H groups in total. The van der Waals surface area contributed by atoms with Gasteiger partial charge < -0.3 is 14.8 Å². The fourth-order valence-corrected chi connectivity index (χ4v) is 2.51. The zero-order chi connectivity index (χ0) is 16.2. The van der Waals surface area contributed by atoms with Gasteiger partial charge in [0.15, 0.2) is 0 Å². The molecule has 3 rings (SSSR count). The number of hydrogen-bond acceptors (Lipinski definition) is 5. The van der Waals surface area contributed by atoms with E-state index in [0.717, 1.165) is 24.1 Å². The first-order chi connectivity index (χ1) is 11.2. The second-order valence-corrected chi connectivity index (χ2v) is 5.66. The molecule has 0 saturated heterocycles. The molecule has 1 aliphatic rings. The lowest BCUT2D eigenvalue weighted by Gasteiger charge is -2.32. The molecule has 1 aromatic carbocycles. The normalized spacial score (nSPS) is 19.7. The second-order valence-electron chi connectivity index (χ2n) is 5.66. The van der Waals surface area contributed by atoms with Gasteiger partial charge in [-0.2, -0.15) is 5.10 Å². The molecule has 1 heterocycles. The van der Waals surface area contributed by atoms with Gasteiger partial charge in [0.05, 0.1) is 6.10 Å². The molecule has 1 amide bonds. The average molecular weight is 313 g/mol. The lowest BCUT2D eigenvalue weighted by Crippen LogP contribution is -2.38. The van der Waals surface area contributed by atoms with E-state index >= 15 is 0 Å². The van der Waals surface area contributed by atoms with Crippen LogP contribution in [0, 0.1) is 12.8 Å². The number of ether oxygens (including phenoxy) is 2. The van der Waals surface area contributed by atoms with E-state index in [2.05, 4.69) is 15.5 Å². The van der Waals surface area contributed by atoms with Crippen molar-refractivity contribution in [3.05, 3.63) is 42.1 Å². The quantitative estimate of drug-likeness (QED) is 0.918. The van der Waals surface area contributed by atoms with Crippen LogP contribution >= 0.6 is 0 Å². The Hall–Kier alpha value is -2.47. The Bertz CT molecular complexity index is 685. The fraction of sp³-hybridized carbons (Fsp3) is 0.353. The molecule has 6 nitrogen and oxygen atoms in total. The van der Waals surface area contributed by atoms with E-state index in [1.807, 2.05) is 25.1 Å². The number of hydrogen-bond donors (Lipinski definition) is 1. The van der Waals surface area contributed by atoms with E-state index < -0.39 is 0 Å². The van der Waals surface area contributed by atoms with E-state index in [9.17, 15) is 4.79 Å². The average Bonchev–Trinajstić information content (AvgIpc) is 2.50. The summed E-state index contributed by atoms with van der Waals surface area (Å²) < 4.78 is 10.9. The van der Waals surface area contributed by atoms with Crippen molar-refractivity contribution in [2.75, 3.05) is 12.4 Å². The molecule has 120 valence electrons. The van der Waals surface area contributed by atoms with E-state index in [4.69, 9.17) is 9.47 Å². The molecule has 6 heteroatoms. The van der Waals surface area contributed by atoms with Gasteiger partial charge in [0.25, 0.3) is 0 Å². The number of amides is 1. The monoisotopic (exact) mass is 313 g/mol. The summed E-state index contributed by atoms with van der Waals surface area (Å²) in [5, 5.41) is 10.6. The van der Waals surface area contributed by atoms with Gasteiger partial charge in [0.2, 0.25) is 11.8 Å². The summed E-state index contributed by atoms with van der Waals surface area (Å²) in [6.45, 7) is 1.92. The molecule has 23 heavy (non-hydrogen) atoms. The van der Waals surface area contributed by atoms with E-state index in [1.54, 1.807) is 25.4 Å². The predicted molar refractivity (Wildman–Crippen MR) is 85.4 cm³/mol. The summed E-state index contributed by atoms with van der Waals surface area (Å²) in [6.07, 6.45) is 3.38. The van der Waals surface area contributed by atoms with Crippen LogP contribution in [0.1, 0.15) is 18.4 Å². The summed E-state index contributed by atoms with van der Waals surface area (Å²) >= 11 is 0. The molecule has 1 aliphatic carbocycles. The number of benzene rings is 1. The SMILES string of the molecule is COC1CC(C(=O)Nc2ccc(Oc3cccnn3)c(C)c2)C1. The number of nitrogens with one attached hydrogen (secondary N) is 1. The molecule has 0 atom stereocenters. The number of methoxy groups -OCH3 is 1. The van der Waals surface area contributed by atoms with Gasteiger partial charge >= 0.3 is 0 Å². The van der Waals surface area contributed by atoms with Crippen molar-refractivity contribution >= 4 is 11.6 Å². The van der Waals surface area contributed by atoms with Crippen LogP contribution in [0.3, 0.4) is 0 Å². The number of aromatic nitrogens is 2. The largest absolute Gasteiger partial charge is 0.437 e. The van der Waals surface area contributed by atoms with Gasteiger partial charge in [0, 0.05) is 31.0 Å². The third kappa shape index (κ3) is 3.65. The second kappa shape index (κ2) is 6.75. The topological polar surface area (TPSA) is 73.3 Å². The molecule has 0 bridgehead atoms. The number of carbonyl (C=O) groups is 1. The first-order valence-corrected chi connectivity index (χ1v) is 7.55. The van der Waals surface area contributed by atoms with Gasteiger partial charge in [-0.1, -0.05) is 0 Å².